The molecule has 2 saturated heterocycles. The topological polar surface area (TPSA) is 94.9 Å². The van der Waals surface area contributed by atoms with Crippen LogP contribution < -0.4 is 10.9 Å². The van der Waals surface area contributed by atoms with Crippen molar-refractivity contribution >= 4 is 11.8 Å². The van der Waals surface area contributed by atoms with Gasteiger partial charge in [0, 0.05) is 68.4 Å². The molecular weight excluding hydrogens is 549 g/mol. The van der Waals surface area contributed by atoms with Crippen molar-refractivity contribution in [3.63, 3.8) is 0 Å². The molecule has 11 heteroatoms. The lowest BCUT2D eigenvalue weighted by molar-refractivity contribution is -0.172. The number of carbonyl (C=O) groups excluding carboxylic acids is 2. The summed E-state index contributed by atoms with van der Waals surface area (Å²) in [7, 11) is 0. The maximum absolute atomic E-state index is 13.8. The zero-order valence-corrected chi connectivity index (χ0v) is 24.0. The molecule has 3 fully saturated rings. The number of alkyl halides is 3. The summed E-state index contributed by atoms with van der Waals surface area (Å²) in [5, 5.41) is 15.4. The number of pyridine rings is 1. The molecule has 0 unspecified atom stereocenters. The summed E-state index contributed by atoms with van der Waals surface area (Å²) in [5.74, 6) is -1.96. The number of benzene rings is 1. The SMILES string of the molecule is C[C@H](CC(F)(F)F)C(=O)N1CC[C@@](O)(Cn2cc(C(=O)N3CCNCC3)c(-c3ccccc3)cc2=O)C2(CCCC2)C1. The van der Waals surface area contributed by atoms with Crippen molar-refractivity contribution in [2.45, 2.75) is 63.8 Å². The maximum atomic E-state index is 13.8. The second-order valence-corrected chi connectivity index (χ2v) is 12.2. The summed E-state index contributed by atoms with van der Waals surface area (Å²) in [5.41, 5.74) is -0.835. The molecule has 2 N–H and O–H groups in total. The smallest absolute Gasteiger partial charge is 0.387 e. The molecule has 228 valence electrons. The number of carbonyl (C=O) groups is 2. The molecule has 0 bridgehead atoms. The molecule has 1 aromatic carbocycles. The Kier molecular flexibility index (Phi) is 8.53. The van der Waals surface area contributed by atoms with E-state index < -0.39 is 35.4 Å². The molecule has 1 saturated carbocycles. The molecule has 3 heterocycles. The van der Waals surface area contributed by atoms with Gasteiger partial charge in [0.15, 0.2) is 0 Å². The van der Waals surface area contributed by atoms with Crippen LogP contribution in [0.3, 0.4) is 0 Å². The number of hydrogen-bond acceptors (Lipinski definition) is 5. The molecule has 1 spiro atoms. The maximum Gasteiger partial charge on any atom is 0.389 e. The number of amides is 2. The Morgan fingerprint density at radius 3 is 2.33 bits per heavy atom. The molecular formula is C31H39F3N4O4. The predicted molar refractivity (Wildman–Crippen MR) is 152 cm³/mol. The van der Waals surface area contributed by atoms with E-state index in [1.165, 1.54) is 22.5 Å². The van der Waals surface area contributed by atoms with Crippen LogP contribution in [0.15, 0.2) is 47.4 Å². The van der Waals surface area contributed by atoms with Crippen molar-refractivity contribution in [2.75, 3.05) is 39.3 Å². The van der Waals surface area contributed by atoms with Crippen LogP contribution in [0.4, 0.5) is 13.2 Å². The lowest BCUT2D eigenvalue weighted by Crippen LogP contribution is -2.62. The number of piperidine rings is 1. The van der Waals surface area contributed by atoms with Crippen LogP contribution in [0.25, 0.3) is 11.1 Å². The number of rotatable bonds is 6. The van der Waals surface area contributed by atoms with Gasteiger partial charge in [0.05, 0.1) is 24.1 Å². The van der Waals surface area contributed by atoms with E-state index in [0.717, 1.165) is 18.4 Å². The van der Waals surface area contributed by atoms with E-state index in [2.05, 4.69) is 5.32 Å². The number of piperazine rings is 1. The fourth-order valence-electron chi connectivity index (χ4n) is 7.08. The molecule has 0 radical (unpaired) electrons. The number of aromatic nitrogens is 1. The van der Waals surface area contributed by atoms with Crippen molar-refractivity contribution in [3.05, 3.63) is 58.5 Å². The van der Waals surface area contributed by atoms with Crippen LogP contribution in [0.5, 0.6) is 0 Å². The van der Waals surface area contributed by atoms with Crippen LogP contribution in [0.2, 0.25) is 0 Å². The van der Waals surface area contributed by atoms with E-state index >= 15 is 0 Å². The first-order chi connectivity index (χ1) is 19.9. The zero-order valence-electron chi connectivity index (χ0n) is 24.0. The van der Waals surface area contributed by atoms with Gasteiger partial charge in [-0.3, -0.25) is 14.4 Å². The summed E-state index contributed by atoms with van der Waals surface area (Å²) >= 11 is 0. The third-order valence-corrected chi connectivity index (χ3v) is 9.38. The minimum atomic E-state index is -4.44. The van der Waals surface area contributed by atoms with Gasteiger partial charge in [-0.2, -0.15) is 13.2 Å². The van der Waals surface area contributed by atoms with Gasteiger partial charge in [0.2, 0.25) is 5.91 Å². The molecule has 5 rings (SSSR count). The van der Waals surface area contributed by atoms with Crippen molar-refractivity contribution < 1.29 is 27.9 Å². The summed E-state index contributed by atoms with van der Waals surface area (Å²) in [6.07, 6.45) is -1.11. The van der Waals surface area contributed by atoms with Gasteiger partial charge >= 0.3 is 6.18 Å². The highest BCUT2D eigenvalue weighted by atomic mass is 19.4. The van der Waals surface area contributed by atoms with Crippen molar-refractivity contribution in [3.8, 4) is 11.1 Å². The lowest BCUT2D eigenvalue weighted by Gasteiger charge is -2.52. The Bertz CT molecular complexity index is 1350. The lowest BCUT2D eigenvalue weighted by atomic mass is 9.65. The number of halogens is 3. The Hall–Kier alpha value is -3.18. The number of likely N-dealkylation sites (tertiary alicyclic amines) is 1. The Morgan fingerprint density at radius 2 is 1.69 bits per heavy atom. The molecule has 1 aliphatic carbocycles. The highest BCUT2D eigenvalue weighted by Gasteiger charge is 2.56. The molecule has 2 aromatic rings. The third-order valence-electron chi connectivity index (χ3n) is 9.38. The summed E-state index contributed by atoms with van der Waals surface area (Å²) < 4.78 is 40.4. The quantitative estimate of drug-likeness (QED) is 0.537. The zero-order chi connectivity index (χ0) is 30.1. The number of aliphatic hydroxyl groups is 1. The minimum Gasteiger partial charge on any atom is -0.387 e. The number of nitrogens with one attached hydrogen (secondary N) is 1. The first-order valence-corrected chi connectivity index (χ1v) is 14.8. The summed E-state index contributed by atoms with van der Waals surface area (Å²) in [4.78, 5) is 43.5. The molecule has 3 aliphatic rings. The van der Waals surface area contributed by atoms with Crippen LogP contribution in [-0.4, -0.2) is 82.3 Å². The predicted octanol–water partition coefficient (Wildman–Crippen LogP) is 3.67. The second-order valence-electron chi connectivity index (χ2n) is 12.2. The van der Waals surface area contributed by atoms with Gasteiger partial charge in [0.1, 0.15) is 0 Å². The second kappa shape index (κ2) is 11.8. The standard InChI is InChI=1S/C31H39F3N4O4/c1-22(18-31(32,33)34)27(40)37-14-11-30(42,29(20-37)9-5-6-10-29)21-38-19-25(28(41)36-15-12-35-13-16-36)24(17-26(38)39)23-7-3-2-4-8-23/h2-4,7-8,17,19,22,35,42H,5-6,9-16,18,20-21H2,1H3/t22-,30-/m1/s1. The Balaban J connectivity index is 1.46. The molecule has 2 aliphatic heterocycles. The average molecular weight is 589 g/mol. The van der Waals surface area contributed by atoms with Crippen LogP contribution in [0, 0.1) is 11.3 Å². The highest BCUT2D eigenvalue weighted by molar-refractivity contribution is 6.00. The van der Waals surface area contributed by atoms with Gasteiger partial charge in [-0.05, 0) is 24.8 Å². The monoisotopic (exact) mass is 588 g/mol. The molecule has 8 nitrogen and oxygen atoms in total. The fourth-order valence-corrected chi connectivity index (χ4v) is 7.08. The van der Waals surface area contributed by atoms with Gasteiger partial charge in [0.25, 0.3) is 11.5 Å². The van der Waals surface area contributed by atoms with E-state index in [9.17, 15) is 32.7 Å². The fraction of sp³-hybridized carbons (Fsp3) is 0.581. The average Bonchev–Trinajstić information content (AvgIpc) is 3.45. The van der Waals surface area contributed by atoms with Gasteiger partial charge in [-0.15, -0.1) is 0 Å². The largest absolute Gasteiger partial charge is 0.389 e. The van der Waals surface area contributed by atoms with E-state index in [-0.39, 0.29) is 37.5 Å². The van der Waals surface area contributed by atoms with Crippen molar-refractivity contribution in [1.82, 2.24) is 19.7 Å². The first kappa shape index (κ1) is 30.3. The third kappa shape index (κ3) is 6.13. The van der Waals surface area contributed by atoms with Gasteiger partial charge in [-0.25, -0.2) is 0 Å². The van der Waals surface area contributed by atoms with Crippen molar-refractivity contribution in [1.29, 1.82) is 0 Å². The van der Waals surface area contributed by atoms with Crippen LogP contribution >= 0.6 is 0 Å². The summed E-state index contributed by atoms with van der Waals surface area (Å²) in [6, 6.07) is 10.7. The molecule has 2 amide bonds. The molecule has 2 atom stereocenters. The minimum absolute atomic E-state index is 0.0666. The molecule has 42 heavy (non-hydrogen) atoms. The van der Waals surface area contributed by atoms with Crippen molar-refractivity contribution in [2.24, 2.45) is 11.3 Å². The van der Waals surface area contributed by atoms with Crippen LogP contribution in [0.1, 0.15) is 55.8 Å². The number of hydrogen-bond donors (Lipinski definition) is 2. The van der Waals surface area contributed by atoms with E-state index in [1.54, 1.807) is 11.1 Å². The van der Waals surface area contributed by atoms with Gasteiger partial charge < -0.3 is 24.8 Å². The summed E-state index contributed by atoms with van der Waals surface area (Å²) in [6.45, 7) is 3.89. The molecule has 1 aromatic heterocycles. The van der Waals surface area contributed by atoms with E-state index in [0.29, 0.717) is 50.1 Å². The Labute approximate surface area is 243 Å². The van der Waals surface area contributed by atoms with E-state index in [4.69, 9.17) is 0 Å². The number of nitrogens with zero attached hydrogens (tertiary/aromatic N) is 3. The highest BCUT2D eigenvalue weighted by Crippen LogP contribution is 2.52. The normalized spacial score (nSPS) is 23.3. The van der Waals surface area contributed by atoms with Crippen LogP contribution in [-0.2, 0) is 11.3 Å². The Morgan fingerprint density at radius 1 is 1.02 bits per heavy atom. The van der Waals surface area contributed by atoms with E-state index in [1.807, 2.05) is 30.3 Å². The van der Waals surface area contributed by atoms with Gasteiger partial charge in [-0.1, -0.05) is 50.1 Å². The first-order valence-electron chi connectivity index (χ1n) is 14.8.